The van der Waals surface area contributed by atoms with E-state index in [1.165, 1.54) is 39.9 Å². The van der Waals surface area contributed by atoms with Crippen molar-refractivity contribution in [2.45, 2.75) is 58.8 Å². The van der Waals surface area contributed by atoms with Crippen LogP contribution >= 0.6 is 11.3 Å². The summed E-state index contributed by atoms with van der Waals surface area (Å²) in [7, 11) is 0. The first kappa shape index (κ1) is 22.0. The van der Waals surface area contributed by atoms with E-state index < -0.39 is 0 Å². The topological polar surface area (TPSA) is 49.3 Å². The summed E-state index contributed by atoms with van der Waals surface area (Å²) < 4.78 is 0. The number of hydrogen-bond donors (Lipinski definition) is 0. The molecule has 6 rings (SSSR count). The number of carbonyl (C=O) groups is 1. The van der Waals surface area contributed by atoms with Crippen LogP contribution in [0.25, 0.3) is 10.2 Å². The molecular weight excluding hydrogens is 440 g/mol. The highest BCUT2D eigenvalue weighted by Crippen LogP contribution is 2.47. The molecule has 1 saturated carbocycles. The number of rotatable bonds is 3. The van der Waals surface area contributed by atoms with E-state index in [9.17, 15) is 4.79 Å². The van der Waals surface area contributed by atoms with Gasteiger partial charge in [0.2, 0.25) is 0 Å². The van der Waals surface area contributed by atoms with E-state index in [4.69, 9.17) is 9.97 Å². The first-order chi connectivity index (χ1) is 16.4. The van der Waals surface area contributed by atoms with Crippen LogP contribution in [0.15, 0.2) is 30.3 Å². The van der Waals surface area contributed by atoms with Crippen LogP contribution in [0.5, 0.6) is 0 Å². The monoisotopic (exact) mass is 474 g/mol. The zero-order valence-corrected chi connectivity index (χ0v) is 21.3. The van der Waals surface area contributed by atoms with Crippen molar-refractivity contribution in [3.05, 3.63) is 52.2 Å². The molecule has 6 heteroatoms. The Morgan fingerprint density at radius 2 is 1.74 bits per heavy atom. The lowest BCUT2D eigenvalue weighted by atomic mass is 9.72. The van der Waals surface area contributed by atoms with Crippen LogP contribution in [0, 0.1) is 11.3 Å². The van der Waals surface area contributed by atoms with Gasteiger partial charge in [-0.05, 0) is 61.1 Å². The maximum Gasteiger partial charge on any atom is 0.253 e. The third kappa shape index (κ3) is 4.00. The molecule has 1 aliphatic heterocycles. The van der Waals surface area contributed by atoms with E-state index in [0.29, 0.717) is 11.3 Å². The van der Waals surface area contributed by atoms with E-state index in [1.807, 2.05) is 46.6 Å². The summed E-state index contributed by atoms with van der Waals surface area (Å²) in [5, 5.41) is 1.31. The number of anilines is 1. The third-order valence-corrected chi connectivity index (χ3v) is 9.11. The Morgan fingerprint density at radius 3 is 2.41 bits per heavy atom. The van der Waals surface area contributed by atoms with Gasteiger partial charge in [-0.2, -0.15) is 0 Å². The molecule has 1 saturated heterocycles. The Bertz CT molecular complexity index is 1220. The summed E-state index contributed by atoms with van der Waals surface area (Å²) in [6, 6.07) is 9.65. The number of aromatic nitrogens is 2. The molecule has 1 aromatic carbocycles. The second-order valence-corrected chi connectivity index (χ2v) is 12.4. The molecule has 3 heterocycles. The van der Waals surface area contributed by atoms with E-state index in [-0.39, 0.29) is 5.91 Å². The molecule has 3 aliphatic rings. The van der Waals surface area contributed by atoms with Crippen LogP contribution in [0.4, 0.5) is 5.82 Å². The normalized spacial score (nSPS) is 21.1. The second kappa shape index (κ2) is 8.33. The molecule has 0 N–H and O–H groups in total. The summed E-state index contributed by atoms with van der Waals surface area (Å²) in [4.78, 5) is 30.3. The van der Waals surface area contributed by atoms with Crippen molar-refractivity contribution in [1.29, 1.82) is 0 Å². The molecule has 0 bridgehead atoms. The fourth-order valence-corrected chi connectivity index (χ4v) is 6.85. The molecule has 1 atom stereocenters. The lowest BCUT2D eigenvalue weighted by molar-refractivity contribution is 0.0746. The lowest BCUT2D eigenvalue weighted by Crippen LogP contribution is -2.49. The Morgan fingerprint density at radius 1 is 1.00 bits per heavy atom. The van der Waals surface area contributed by atoms with Crippen LogP contribution in [0.1, 0.15) is 72.6 Å². The minimum Gasteiger partial charge on any atom is -0.352 e. The molecule has 0 spiro atoms. The van der Waals surface area contributed by atoms with Crippen LogP contribution in [0.2, 0.25) is 0 Å². The van der Waals surface area contributed by atoms with Crippen molar-refractivity contribution in [2.75, 3.05) is 31.1 Å². The maximum absolute atomic E-state index is 13.0. The zero-order chi connectivity index (χ0) is 23.4. The number of aryl methyl sites for hydroxylation is 1. The fraction of sp³-hybridized carbons (Fsp3) is 0.536. The molecule has 178 valence electrons. The molecule has 1 amide bonds. The van der Waals surface area contributed by atoms with Gasteiger partial charge in [-0.1, -0.05) is 39.0 Å². The molecule has 2 aromatic heterocycles. The molecule has 2 aliphatic carbocycles. The van der Waals surface area contributed by atoms with Crippen molar-refractivity contribution in [3.8, 4) is 0 Å². The molecule has 0 radical (unpaired) electrons. The van der Waals surface area contributed by atoms with Crippen LogP contribution in [0.3, 0.4) is 0 Å². The standard InChI is InChI=1S/C28H34N4OS/c1-28(2,3)20-11-12-21-22(17-20)34-26-23(21)25(29-24(30-26)18-9-10-18)31-13-15-32(16-14-31)27(33)19-7-5-4-6-8-19/h4-8,18,20H,9-17H2,1-3H3. The third-order valence-electron chi connectivity index (χ3n) is 7.96. The Kier molecular flexibility index (Phi) is 5.40. The number of nitrogens with zero attached hydrogens (tertiary/aromatic N) is 4. The van der Waals surface area contributed by atoms with Gasteiger partial charge in [0, 0.05) is 42.5 Å². The molecule has 5 nitrogen and oxygen atoms in total. The minimum atomic E-state index is 0.132. The van der Waals surface area contributed by atoms with Gasteiger partial charge in [0.15, 0.2) is 0 Å². The van der Waals surface area contributed by atoms with Gasteiger partial charge < -0.3 is 9.80 Å². The molecular formula is C28H34N4OS. The maximum atomic E-state index is 13.0. The first-order valence-electron chi connectivity index (χ1n) is 12.8. The summed E-state index contributed by atoms with van der Waals surface area (Å²) >= 11 is 1.92. The molecule has 1 unspecified atom stereocenters. The van der Waals surface area contributed by atoms with Crippen LogP contribution in [-0.4, -0.2) is 47.0 Å². The second-order valence-electron chi connectivity index (χ2n) is 11.3. The zero-order valence-electron chi connectivity index (χ0n) is 20.5. The van der Waals surface area contributed by atoms with Crippen LogP contribution in [-0.2, 0) is 12.8 Å². The summed E-state index contributed by atoms with van der Waals surface area (Å²) in [6.07, 6.45) is 5.95. The highest BCUT2D eigenvalue weighted by Gasteiger charge is 2.35. The van der Waals surface area contributed by atoms with Gasteiger partial charge in [-0.3, -0.25) is 4.79 Å². The SMILES string of the molecule is CC(C)(C)C1CCc2c(sc3nc(C4CC4)nc(N4CCN(C(=O)c5ccccc5)CC4)c23)C1. The van der Waals surface area contributed by atoms with E-state index >= 15 is 0 Å². The fourth-order valence-electron chi connectivity index (χ4n) is 5.55. The summed E-state index contributed by atoms with van der Waals surface area (Å²) in [5.74, 6) is 3.56. The van der Waals surface area contributed by atoms with E-state index in [0.717, 1.165) is 62.1 Å². The Labute approximate surface area is 206 Å². The van der Waals surface area contributed by atoms with Gasteiger partial charge in [0.05, 0.1) is 5.39 Å². The van der Waals surface area contributed by atoms with Gasteiger partial charge in [-0.15, -0.1) is 11.3 Å². The van der Waals surface area contributed by atoms with Crippen molar-refractivity contribution in [2.24, 2.45) is 11.3 Å². The average Bonchev–Trinajstić information content (AvgIpc) is 3.63. The predicted octanol–water partition coefficient (Wildman–Crippen LogP) is 5.68. The largest absolute Gasteiger partial charge is 0.352 e. The molecule has 3 aromatic rings. The molecule has 34 heavy (non-hydrogen) atoms. The smallest absolute Gasteiger partial charge is 0.253 e. The van der Waals surface area contributed by atoms with Crippen molar-refractivity contribution in [1.82, 2.24) is 14.9 Å². The number of carbonyl (C=O) groups excluding carboxylic acids is 1. The van der Waals surface area contributed by atoms with Gasteiger partial charge in [0.1, 0.15) is 16.5 Å². The summed E-state index contributed by atoms with van der Waals surface area (Å²) in [5.41, 5.74) is 2.61. The van der Waals surface area contributed by atoms with Crippen molar-refractivity contribution < 1.29 is 4.79 Å². The highest BCUT2D eigenvalue weighted by molar-refractivity contribution is 7.19. The quantitative estimate of drug-likeness (QED) is 0.490. The minimum absolute atomic E-state index is 0.132. The summed E-state index contributed by atoms with van der Waals surface area (Å²) in [6.45, 7) is 10.2. The van der Waals surface area contributed by atoms with Crippen molar-refractivity contribution in [3.63, 3.8) is 0 Å². The van der Waals surface area contributed by atoms with Gasteiger partial charge in [-0.25, -0.2) is 9.97 Å². The number of fused-ring (bicyclic) bond motifs is 3. The van der Waals surface area contributed by atoms with E-state index in [1.54, 1.807) is 0 Å². The number of amides is 1. The van der Waals surface area contributed by atoms with Crippen LogP contribution < -0.4 is 4.90 Å². The molecule has 2 fully saturated rings. The average molecular weight is 475 g/mol. The number of benzene rings is 1. The van der Waals surface area contributed by atoms with Crippen molar-refractivity contribution >= 4 is 33.3 Å². The first-order valence-corrected chi connectivity index (χ1v) is 13.6. The Hall–Kier alpha value is -2.47. The number of hydrogen-bond acceptors (Lipinski definition) is 5. The lowest BCUT2D eigenvalue weighted by Gasteiger charge is -2.36. The van der Waals surface area contributed by atoms with E-state index in [2.05, 4.69) is 25.7 Å². The van der Waals surface area contributed by atoms with Gasteiger partial charge >= 0.3 is 0 Å². The van der Waals surface area contributed by atoms with Gasteiger partial charge in [0.25, 0.3) is 5.91 Å². The highest BCUT2D eigenvalue weighted by atomic mass is 32.1. The predicted molar refractivity (Wildman–Crippen MR) is 139 cm³/mol. The number of thiophene rings is 1. The Balaban J connectivity index is 1.30. The number of piperazine rings is 1.